The van der Waals surface area contributed by atoms with Crippen molar-refractivity contribution in [3.8, 4) is 5.75 Å². The van der Waals surface area contributed by atoms with Gasteiger partial charge in [0, 0.05) is 17.6 Å². The molecule has 1 aliphatic heterocycles. The Balaban J connectivity index is 1.97. The van der Waals surface area contributed by atoms with Crippen molar-refractivity contribution in [2.24, 2.45) is 5.10 Å². The lowest BCUT2D eigenvalue weighted by Crippen LogP contribution is -2.39. The van der Waals surface area contributed by atoms with Gasteiger partial charge in [0.25, 0.3) is 0 Å². The van der Waals surface area contributed by atoms with E-state index < -0.39 is 0 Å². The molecule has 2 aromatic rings. The van der Waals surface area contributed by atoms with E-state index in [1.54, 1.807) is 6.07 Å². The van der Waals surface area contributed by atoms with Gasteiger partial charge in [0.2, 0.25) is 0 Å². The molecule has 1 heterocycles. The number of benzene rings is 2. The molecule has 0 radical (unpaired) electrons. The topological polar surface area (TPSA) is 35.8 Å². The molecular formula is C18H22N2O. The molecule has 0 aromatic heterocycles. The van der Waals surface area contributed by atoms with Gasteiger partial charge in [-0.3, -0.25) is 5.01 Å². The molecule has 0 aliphatic carbocycles. The molecular weight excluding hydrogens is 260 g/mol. The van der Waals surface area contributed by atoms with Crippen molar-refractivity contribution in [2.75, 3.05) is 0 Å². The van der Waals surface area contributed by atoms with E-state index in [0.29, 0.717) is 12.1 Å². The summed E-state index contributed by atoms with van der Waals surface area (Å²) in [5.74, 6) is 0.287. The third-order valence-electron chi connectivity index (χ3n) is 4.41. The van der Waals surface area contributed by atoms with Gasteiger partial charge in [-0.15, -0.1) is 0 Å². The monoisotopic (exact) mass is 282 g/mol. The van der Waals surface area contributed by atoms with Gasteiger partial charge < -0.3 is 5.11 Å². The Hall–Kier alpha value is -2.03. The Morgan fingerprint density at radius 3 is 2.57 bits per heavy atom. The molecule has 1 fully saturated rings. The number of hydrazone groups is 1. The highest BCUT2D eigenvalue weighted by Crippen LogP contribution is 2.27. The number of rotatable bonds is 2. The predicted molar refractivity (Wildman–Crippen MR) is 87.8 cm³/mol. The first kappa shape index (κ1) is 13.9. The van der Waals surface area contributed by atoms with Crippen LogP contribution in [0.3, 0.4) is 0 Å². The van der Waals surface area contributed by atoms with Crippen molar-refractivity contribution in [3.63, 3.8) is 0 Å². The smallest absolute Gasteiger partial charge is 0.125 e. The van der Waals surface area contributed by atoms with Crippen molar-refractivity contribution in [3.05, 3.63) is 42.0 Å². The number of nitrogens with zero attached hydrogens (tertiary/aromatic N) is 2. The maximum atomic E-state index is 10.2. The van der Waals surface area contributed by atoms with E-state index in [1.807, 2.05) is 30.5 Å². The van der Waals surface area contributed by atoms with Gasteiger partial charge in [-0.1, -0.05) is 30.3 Å². The number of phenolic OH excluding ortho intramolecular Hbond substituents is 1. The third-order valence-corrected chi connectivity index (χ3v) is 4.41. The lowest BCUT2D eigenvalue weighted by Gasteiger charge is -2.36. The van der Waals surface area contributed by atoms with Gasteiger partial charge in [0.05, 0.1) is 6.21 Å². The molecule has 2 aromatic carbocycles. The van der Waals surface area contributed by atoms with E-state index >= 15 is 0 Å². The van der Waals surface area contributed by atoms with Crippen LogP contribution in [-0.2, 0) is 0 Å². The molecule has 1 N–H and O–H groups in total. The minimum Gasteiger partial charge on any atom is -0.507 e. The number of fused-ring (bicyclic) bond motifs is 1. The van der Waals surface area contributed by atoms with Crippen LogP contribution in [0.2, 0.25) is 0 Å². The number of phenols is 1. The normalized spacial score (nSPS) is 23.0. The van der Waals surface area contributed by atoms with Gasteiger partial charge in [-0.2, -0.15) is 5.10 Å². The summed E-state index contributed by atoms with van der Waals surface area (Å²) >= 11 is 0. The second kappa shape index (κ2) is 5.76. The minimum absolute atomic E-state index is 0.287. The second-order valence-electron chi connectivity index (χ2n) is 5.97. The summed E-state index contributed by atoms with van der Waals surface area (Å²) in [5.41, 5.74) is 0.804. The van der Waals surface area contributed by atoms with Crippen LogP contribution in [0.15, 0.2) is 41.5 Å². The minimum atomic E-state index is 0.287. The molecule has 2 atom stereocenters. The first-order valence-corrected chi connectivity index (χ1v) is 7.70. The number of hydrogen-bond donors (Lipinski definition) is 1. The number of aromatic hydroxyl groups is 1. The average molecular weight is 282 g/mol. The summed E-state index contributed by atoms with van der Waals surface area (Å²) < 4.78 is 0. The highest BCUT2D eigenvalue weighted by molar-refractivity contribution is 6.02. The number of piperidine rings is 1. The lowest BCUT2D eigenvalue weighted by atomic mass is 10.00. The summed E-state index contributed by atoms with van der Waals surface area (Å²) in [5, 5.41) is 19.2. The summed E-state index contributed by atoms with van der Waals surface area (Å²) in [6, 6.07) is 12.7. The van der Waals surface area contributed by atoms with Crippen molar-refractivity contribution < 1.29 is 5.11 Å². The molecule has 1 aliphatic rings. The standard InChI is InChI=1S/C18H22N2O/c1-13-6-5-7-14(2)20(13)19-12-17-16-9-4-3-8-15(16)10-11-18(17)21/h3-4,8-14,21H,5-7H2,1-2H3/b19-12+/t13-,14+. The molecule has 0 amide bonds. The van der Waals surface area contributed by atoms with Crippen LogP contribution in [-0.4, -0.2) is 28.4 Å². The maximum Gasteiger partial charge on any atom is 0.125 e. The average Bonchev–Trinajstić information content (AvgIpc) is 2.48. The fourth-order valence-corrected chi connectivity index (χ4v) is 3.18. The van der Waals surface area contributed by atoms with Gasteiger partial charge in [-0.05, 0) is 49.9 Å². The molecule has 3 nitrogen and oxygen atoms in total. The molecule has 3 rings (SSSR count). The van der Waals surface area contributed by atoms with Crippen molar-refractivity contribution in [1.82, 2.24) is 5.01 Å². The Labute approximate surface area is 125 Å². The first-order chi connectivity index (χ1) is 10.2. The zero-order chi connectivity index (χ0) is 14.8. The van der Waals surface area contributed by atoms with E-state index in [9.17, 15) is 5.11 Å². The molecule has 0 bridgehead atoms. The van der Waals surface area contributed by atoms with Crippen LogP contribution in [0, 0.1) is 0 Å². The largest absolute Gasteiger partial charge is 0.507 e. The molecule has 21 heavy (non-hydrogen) atoms. The summed E-state index contributed by atoms with van der Waals surface area (Å²) in [6.07, 6.45) is 5.45. The summed E-state index contributed by atoms with van der Waals surface area (Å²) in [6.45, 7) is 4.44. The van der Waals surface area contributed by atoms with E-state index in [-0.39, 0.29) is 5.75 Å². The van der Waals surface area contributed by atoms with Crippen LogP contribution in [0.25, 0.3) is 10.8 Å². The van der Waals surface area contributed by atoms with Gasteiger partial charge in [0.1, 0.15) is 5.75 Å². The fraction of sp³-hybridized carbons (Fsp3) is 0.389. The first-order valence-electron chi connectivity index (χ1n) is 7.70. The maximum absolute atomic E-state index is 10.2. The number of hydrogen-bond acceptors (Lipinski definition) is 3. The van der Waals surface area contributed by atoms with Crippen molar-refractivity contribution >= 4 is 17.0 Å². The summed E-state index contributed by atoms with van der Waals surface area (Å²) in [7, 11) is 0. The van der Waals surface area contributed by atoms with Crippen LogP contribution >= 0.6 is 0 Å². The zero-order valence-electron chi connectivity index (χ0n) is 12.7. The molecule has 3 heteroatoms. The Bertz CT molecular complexity index is 655. The van der Waals surface area contributed by atoms with E-state index in [1.165, 1.54) is 19.3 Å². The van der Waals surface area contributed by atoms with Crippen LogP contribution in [0.1, 0.15) is 38.7 Å². The molecule has 110 valence electrons. The third kappa shape index (κ3) is 2.73. The molecule has 1 saturated heterocycles. The van der Waals surface area contributed by atoms with Crippen LogP contribution in [0.5, 0.6) is 5.75 Å². The Morgan fingerprint density at radius 1 is 1.10 bits per heavy atom. The molecule has 0 saturated carbocycles. The van der Waals surface area contributed by atoms with E-state index in [2.05, 4.69) is 30.0 Å². The second-order valence-corrected chi connectivity index (χ2v) is 5.97. The fourth-order valence-electron chi connectivity index (χ4n) is 3.18. The summed E-state index contributed by atoms with van der Waals surface area (Å²) in [4.78, 5) is 0. The molecule has 0 unspecified atom stereocenters. The van der Waals surface area contributed by atoms with Gasteiger partial charge >= 0.3 is 0 Å². The quantitative estimate of drug-likeness (QED) is 0.840. The molecule has 0 spiro atoms. The van der Waals surface area contributed by atoms with Crippen molar-refractivity contribution in [2.45, 2.75) is 45.2 Å². The van der Waals surface area contributed by atoms with Crippen LogP contribution in [0.4, 0.5) is 0 Å². The van der Waals surface area contributed by atoms with Gasteiger partial charge in [0.15, 0.2) is 0 Å². The van der Waals surface area contributed by atoms with Gasteiger partial charge in [-0.25, -0.2) is 0 Å². The highest BCUT2D eigenvalue weighted by atomic mass is 16.3. The highest BCUT2D eigenvalue weighted by Gasteiger charge is 2.22. The van der Waals surface area contributed by atoms with E-state index in [0.717, 1.165) is 16.3 Å². The predicted octanol–water partition coefficient (Wildman–Crippen LogP) is 4.14. The van der Waals surface area contributed by atoms with Crippen LogP contribution < -0.4 is 0 Å². The Kier molecular flexibility index (Phi) is 3.82. The van der Waals surface area contributed by atoms with E-state index in [4.69, 9.17) is 0 Å². The Morgan fingerprint density at radius 2 is 1.81 bits per heavy atom. The zero-order valence-corrected chi connectivity index (χ0v) is 12.7. The SMILES string of the molecule is C[C@@H]1CCC[C@H](C)N1/N=C/c1c(O)ccc2ccccc12. The van der Waals surface area contributed by atoms with Crippen molar-refractivity contribution in [1.29, 1.82) is 0 Å². The lowest BCUT2D eigenvalue weighted by molar-refractivity contribution is 0.109.